The summed E-state index contributed by atoms with van der Waals surface area (Å²) >= 11 is 5.68. The first-order valence-corrected chi connectivity index (χ1v) is 5.36. The molecule has 0 saturated carbocycles. The molecule has 0 amide bonds. The minimum atomic E-state index is 0.0964. The van der Waals surface area contributed by atoms with E-state index in [1.165, 1.54) is 0 Å². The number of likely N-dealkylation sites (N-methyl/N-ethyl adjacent to an activating group) is 1. The number of anilines is 2. The number of aromatic nitrogens is 3. The van der Waals surface area contributed by atoms with Crippen molar-refractivity contribution in [1.29, 1.82) is 0 Å². The molecule has 2 N–H and O–H groups in total. The molecular formula is C9H16ClN5O. The number of nitrogens with zero attached hydrogens (tertiary/aromatic N) is 4. The zero-order valence-corrected chi connectivity index (χ0v) is 10.4. The monoisotopic (exact) mass is 245 g/mol. The molecule has 90 valence electrons. The van der Waals surface area contributed by atoms with Crippen molar-refractivity contribution in [2.75, 3.05) is 30.8 Å². The van der Waals surface area contributed by atoms with Crippen molar-refractivity contribution < 1.29 is 4.74 Å². The molecule has 0 atom stereocenters. The number of hydrogen-bond donors (Lipinski definition) is 1. The predicted molar refractivity (Wildman–Crippen MR) is 63.6 cm³/mol. The minimum Gasteiger partial charge on any atom is -0.377 e. The maximum absolute atomic E-state index is 5.68. The Labute approximate surface area is 99.8 Å². The van der Waals surface area contributed by atoms with E-state index >= 15 is 0 Å². The van der Waals surface area contributed by atoms with Gasteiger partial charge >= 0.3 is 0 Å². The summed E-state index contributed by atoms with van der Waals surface area (Å²) in [6.45, 7) is 5.23. The standard InChI is InChI=1S/C9H16ClN5O/c1-6(2)16-5-4-15(3)9-13-7(10)12-8(11)14-9/h6H,4-5H2,1-3H3,(H2,11,12,13,14). The molecule has 1 rings (SSSR count). The Bertz CT molecular complexity index is 326. The van der Waals surface area contributed by atoms with E-state index in [0.717, 1.165) is 0 Å². The molecule has 0 unspecified atom stereocenters. The SMILES string of the molecule is CC(C)OCCN(C)c1nc(N)nc(Cl)n1. The normalized spacial score (nSPS) is 10.8. The van der Waals surface area contributed by atoms with Crippen molar-refractivity contribution in [1.82, 2.24) is 15.0 Å². The molecule has 1 aromatic rings. The maximum Gasteiger partial charge on any atom is 0.231 e. The van der Waals surface area contributed by atoms with E-state index in [-0.39, 0.29) is 17.3 Å². The Morgan fingerprint density at radius 1 is 1.38 bits per heavy atom. The largest absolute Gasteiger partial charge is 0.377 e. The van der Waals surface area contributed by atoms with E-state index in [4.69, 9.17) is 22.1 Å². The van der Waals surface area contributed by atoms with Crippen molar-refractivity contribution >= 4 is 23.5 Å². The van der Waals surface area contributed by atoms with Gasteiger partial charge in [-0.05, 0) is 25.4 Å². The highest BCUT2D eigenvalue weighted by Gasteiger charge is 2.07. The summed E-state index contributed by atoms with van der Waals surface area (Å²) in [5.41, 5.74) is 5.47. The zero-order chi connectivity index (χ0) is 12.1. The third kappa shape index (κ3) is 4.16. The number of ether oxygens (including phenoxy) is 1. The van der Waals surface area contributed by atoms with Crippen LogP contribution >= 0.6 is 11.6 Å². The highest BCUT2D eigenvalue weighted by atomic mass is 35.5. The fourth-order valence-corrected chi connectivity index (χ4v) is 1.21. The molecule has 0 bridgehead atoms. The number of halogens is 1. The summed E-state index contributed by atoms with van der Waals surface area (Å²) in [5, 5.41) is 0.0964. The molecule has 0 saturated heterocycles. The van der Waals surface area contributed by atoms with Crippen molar-refractivity contribution in [2.24, 2.45) is 0 Å². The minimum absolute atomic E-state index is 0.0964. The summed E-state index contributed by atoms with van der Waals surface area (Å²) in [6.07, 6.45) is 0.209. The number of hydrogen-bond acceptors (Lipinski definition) is 6. The smallest absolute Gasteiger partial charge is 0.231 e. The van der Waals surface area contributed by atoms with Gasteiger partial charge in [-0.3, -0.25) is 0 Å². The molecule has 0 spiro atoms. The van der Waals surface area contributed by atoms with Crippen LogP contribution in [-0.4, -0.2) is 41.3 Å². The molecule has 0 radical (unpaired) electrons. The van der Waals surface area contributed by atoms with E-state index in [9.17, 15) is 0 Å². The van der Waals surface area contributed by atoms with Crippen molar-refractivity contribution in [3.8, 4) is 0 Å². The fraction of sp³-hybridized carbons (Fsp3) is 0.667. The van der Waals surface area contributed by atoms with Crippen molar-refractivity contribution in [3.63, 3.8) is 0 Å². The molecule has 16 heavy (non-hydrogen) atoms. The van der Waals surface area contributed by atoms with Gasteiger partial charge in [-0.2, -0.15) is 15.0 Å². The second-order valence-corrected chi connectivity index (χ2v) is 3.94. The van der Waals surface area contributed by atoms with Gasteiger partial charge in [0.05, 0.1) is 12.7 Å². The Morgan fingerprint density at radius 3 is 2.62 bits per heavy atom. The molecule has 6 nitrogen and oxygen atoms in total. The predicted octanol–water partition coefficient (Wildman–Crippen LogP) is 0.968. The molecule has 0 aromatic carbocycles. The van der Waals surface area contributed by atoms with Crippen LogP contribution in [0.5, 0.6) is 0 Å². The van der Waals surface area contributed by atoms with Crippen LogP contribution < -0.4 is 10.6 Å². The van der Waals surface area contributed by atoms with Crippen molar-refractivity contribution in [3.05, 3.63) is 5.28 Å². The van der Waals surface area contributed by atoms with E-state index in [1.807, 2.05) is 25.8 Å². The van der Waals surface area contributed by atoms with Gasteiger partial charge in [-0.1, -0.05) is 0 Å². The van der Waals surface area contributed by atoms with Crippen LogP contribution in [-0.2, 0) is 4.74 Å². The molecule has 7 heteroatoms. The van der Waals surface area contributed by atoms with Gasteiger partial charge in [0.2, 0.25) is 17.2 Å². The molecule has 0 aliphatic carbocycles. The number of rotatable bonds is 5. The molecule has 0 aliphatic heterocycles. The fourth-order valence-electron chi connectivity index (χ4n) is 1.05. The number of nitrogens with two attached hydrogens (primary N) is 1. The van der Waals surface area contributed by atoms with Gasteiger partial charge in [-0.15, -0.1) is 0 Å². The van der Waals surface area contributed by atoms with Crippen LogP contribution in [0.4, 0.5) is 11.9 Å². The first-order chi connectivity index (χ1) is 7.49. The summed E-state index contributed by atoms with van der Waals surface area (Å²) < 4.78 is 5.42. The molecule has 1 aromatic heterocycles. The van der Waals surface area contributed by atoms with Gasteiger partial charge in [0.25, 0.3) is 0 Å². The third-order valence-electron chi connectivity index (χ3n) is 1.83. The van der Waals surface area contributed by atoms with Crippen LogP contribution in [0.3, 0.4) is 0 Å². The van der Waals surface area contributed by atoms with Crippen LogP contribution in [0.2, 0.25) is 5.28 Å². The first kappa shape index (κ1) is 12.9. The Balaban J connectivity index is 2.55. The molecular weight excluding hydrogens is 230 g/mol. The molecule has 1 heterocycles. The van der Waals surface area contributed by atoms with E-state index in [2.05, 4.69) is 15.0 Å². The Hall–Kier alpha value is -1.14. The summed E-state index contributed by atoms with van der Waals surface area (Å²) in [5.74, 6) is 0.566. The first-order valence-electron chi connectivity index (χ1n) is 4.99. The lowest BCUT2D eigenvalue weighted by molar-refractivity contribution is 0.0844. The van der Waals surface area contributed by atoms with Crippen molar-refractivity contribution in [2.45, 2.75) is 20.0 Å². The highest BCUT2D eigenvalue weighted by molar-refractivity contribution is 6.28. The second kappa shape index (κ2) is 5.81. The van der Waals surface area contributed by atoms with Gasteiger partial charge in [0.1, 0.15) is 0 Å². The lowest BCUT2D eigenvalue weighted by Crippen LogP contribution is -2.26. The highest BCUT2D eigenvalue weighted by Crippen LogP contribution is 2.10. The van der Waals surface area contributed by atoms with Crippen LogP contribution in [0, 0.1) is 0 Å². The summed E-state index contributed by atoms with van der Waals surface area (Å²) in [7, 11) is 1.84. The van der Waals surface area contributed by atoms with Crippen LogP contribution in [0.15, 0.2) is 0 Å². The van der Waals surface area contributed by atoms with E-state index in [1.54, 1.807) is 0 Å². The van der Waals surface area contributed by atoms with Crippen LogP contribution in [0.1, 0.15) is 13.8 Å². The Morgan fingerprint density at radius 2 is 2.06 bits per heavy atom. The van der Waals surface area contributed by atoms with E-state index < -0.39 is 0 Å². The lowest BCUT2D eigenvalue weighted by Gasteiger charge is -2.17. The summed E-state index contributed by atoms with van der Waals surface area (Å²) in [6, 6.07) is 0. The lowest BCUT2D eigenvalue weighted by atomic mass is 10.5. The Kier molecular flexibility index (Phi) is 4.70. The average molecular weight is 246 g/mol. The van der Waals surface area contributed by atoms with Gasteiger partial charge in [-0.25, -0.2) is 0 Å². The average Bonchev–Trinajstić information content (AvgIpc) is 2.15. The van der Waals surface area contributed by atoms with Gasteiger partial charge in [0.15, 0.2) is 0 Å². The second-order valence-electron chi connectivity index (χ2n) is 3.60. The third-order valence-corrected chi connectivity index (χ3v) is 2.00. The molecule has 0 fully saturated rings. The number of nitrogen functional groups attached to an aromatic ring is 1. The zero-order valence-electron chi connectivity index (χ0n) is 9.64. The quantitative estimate of drug-likeness (QED) is 0.833. The van der Waals surface area contributed by atoms with Gasteiger partial charge in [0, 0.05) is 13.6 Å². The molecule has 0 aliphatic rings. The maximum atomic E-state index is 5.68. The van der Waals surface area contributed by atoms with Gasteiger partial charge < -0.3 is 15.4 Å². The van der Waals surface area contributed by atoms with E-state index in [0.29, 0.717) is 19.1 Å². The topological polar surface area (TPSA) is 77.2 Å². The van der Waals surface area contributed by atoms with Crippen LogP contribution in [0.25, 0.3) is 0 Å². The summed E-state index contributed by atoms with van der Waals surface area (Å²) in [4.78, 5) is 13.4.